The van der Waals surface area contributed by atoms with Crippen molar-refractivity contribution in [3.8, 4) is 5.75 Å². The van der Waals surface area contributed by atoms with Crippen LogP contribution in [-0.4, -0.2) is 93.5 Å². The molecule has 2 unspecified atom stereocenters. The van der Waals surface area contributed by atoms with Crippen LogP contribution >= 0.6 is 23.5 Å². The van der Waals surface area contributed by atoms with Crippen LogP contribution in [-0.2, 0) is 21.4 Å². The summed E-state index contributed by atoms with van der Waals surface area (Å²) in [5.74, 6) is -1.84. The molecule has 2 saturated heterocycles. The molecule has 33 heavy (non-hydrogen) atoms. The number of phenols is 1. The number of carboxylic acids is 1. The first-order valence-electron chi connectivity index (χ1n) is 9.59. The molecule has 0 radical (unpaired) electrons. The van der Waals surface area contributed by atoms with Crippen molar-refractivity contribution >= 4 is 47.0 Å². The maximum Gasteiger partial charge on any atom is 0.313 e. The van der Waals surface area contributed by atoms with E-state index in [9.17, 15) is 29.8 Å². The van der Waals surface area contributed by atoms with Crippen LogP contribution in [0, 0.1) is 5.41 Å². The number of β-lactam (4-membered cyclic amide) rings is 1. The van der Waals surface area contributed by atoms with Gasteiger partial charge in [0.05, 0.1) is 0 Å². The minimum absolute atomic E-state index is 0.0115. The molecule has 4 rings (SSSR count). The van der Waals surface area contributed by atoms with E-state index in [-0.39, 0.29) is 35.1 Å². The molecule has 3 atom stereocenters. The summed E-state index contributed by atoms with van der Waals surface area (Å²) in [6.45, 7) is -0.0115. The molecular formula is C18H19N7O6S2. The Kier molecular flexibility index (Phi) is 6.16. The number of amides is 2. The van der Waals surface area contributed by atoms with Gasteiger partial charge in [-0.05, 0) is 34.7 Å². The van der Waals surface area contributed by atoms with Crippen LogP contribution < -0.4 is 5.32 Å². The van der Waals surface area contributed by atoms with Gasteiger partial charge in [-0.25, -0.2) is 4.68 Å². The van der Waals surface area contributed by atoms with Gasteiger partial charge in [-0.3, -0.25) is 14.4 Å². The average molecular weight is 494 g/mol. The van der Waals surface area contributed by atoms with E-state index in [4.69, 9.17) is 0 Å². The Labute approximate surface area is 195 Å². The van der Waals surface area contributed by atoms with Crippen LogP contribution in [0.1, 0.15) is 5.56 Å². The fourth-order valence-corrected chi connectivity index (χ4v) is 6.23. The van der Waals surface area contributed by atoms with E-state index < -0.39 is 34.6 Å². The van der Waals surface area contributed by atoms with E-state index in [2.05, 4.69) is 26.0 Å². The second-order valence-electron chi connectivity index (χ2n) is 7.57. The number of carboxylic acid groups (broad SMARTS) is 1. The smallest absolute Gasteiger partial charge is 0.313 e. The number of aromatic nitrogens is 4. The number of aryl methyl sites for hydroxylation is 1. The molecule has 2 aliphatic heterocycles. The molecule has 2 fully saturated rings. The van der Waals surface area contributed by atoms with Crippen molar-refractivity contribution in [2.45, 2.75) is 16.6 Å². The lowest BCUT2D eigenvalue weighted by Crippen LogP contribution is -2.74. The molecule has 1 aromatic heterocycles. The number of tetrazole rings is 1. The Morgan fingerprint density at radius 3 is 2.70 bits per heavy atom. The van der Waals surface area contributed by atoms with E-state index in [0.29, 0.717) is 5.16 Å². The number of thioether (sulfide) groups is 2. The zero-order valence-corrected chi connectivity index (χ0v) is 18.8. The number of rotatable bonds is 7. The van der Waals surface area contributed by atoms with Crippen molar-refractivity contribution in [2.24, 2.45) is 17.6 Å². The monoisotopic (exact) mass is 493 g/mol. The first-order valence-corrected chi connectivity index (χ1v) is 11.6. The highest BCUT2D eigenvalue weighted by Gasteiger charge is 2.57. The minimum Gasteiger partial charge on any atom is -0.508 e. The van der Waals surface area contributed by atoms with Crippen molar-refractivity contribution in [3.63, 3.8) is 0 Å². The van der Waals surface area contributed by atoms with Crippen LogP contribution in [0.3, 0.4) is 0 Å². The molecule has 1 aromatic carbocycles. The Morgan fingerprint density at radius 2 is 2.09 bits per heavy atom. The maximum absolute atomic E-state index is 12.7. The van der Waals surface area contributed by atoms with Gasteiger partial charge in [-0.15, -0.1) is 16.9 Å². The molecule has 13 nitrogen and oxygen atoms in total. The van der Waals surface area contributed by atoms with Gasteiger partial charge in [0.25, 0.3) is 5.91 Å². The SMILES string of the molecule is Cn1nnnc1SCC1(C(=O)O)CS[C@@H]2C(NC(=O)C(=NO)c3ccc(O)cc3)C(=O)N2C1. The summed E-state index contributed by atoms with van der Waals surface area (Å²) in [5.41, 5.74) is -1.25. The molecule has 3 heterocycles. The van der Waals surface area contributed by atoms with Gasteiger partial charge in [-0.1, -0.05) is 16.9 Å². The topological polar surface area (TPSA) is 183 Å². The first-order chi connectivity index (χ1) is 15.8. The third-order valence-corrected chi connectivity index (χ3v) is 8.29. The van der Waals surface area contributed by atoms with E-state index >= 15 is 0 Å². The lowest BCUT2D eigenvalue weighted by Gasteiger charge is -2.53. The standard InChI is InChI=1S/C18H19N7O6S2/c1-24-17(20-22-23-24)33-8-18(16(29)30)6-25-14(28)12(15(25)32-7-18)19-13(27)11(21-31)9-2-4-10(26)5-3-9/h2-5,12,15,26,31H,6-8H2,1H3,(H,19,27)(H,29,30)/t12?,15-,18?/m1/s1. The quantitative estimate of drug-likeness (QED) is 0.126. The molecule has 174 valence electrons. The average Bonchev–Trinajstić information content (AvgIpc) is 3.22. The summed E-state index contributed by atoms with van der Waals surface area (Å²) in [7, 11) is 1.65. The van der Waals surface area contributed by atoms with Crippen LogP contribution in [0.4, 0.5) is 0 Å². The molecule has 15 heteroatoms. The van der Waals surface area contributed by atoms with Gasteiger partial charge in [0, 0.05) is 30.7 Å². The second-order valence-corrected chi connectivity index (χ2v) is 9.62. The van der Waals surface area contributed by atoms with Gasteiger partial charge in [-0.2, -0.15) is 0 Å². The van der Waals surface area contributed by atoms with Crippen LogP contribution in [0.5, 0.6) is 5.75 Å². The van der Waals surface area contributed by atoms with Crippen molar-refractivity contribution in [3.05, 3.63) is 29.8 Å². The number of hydrogen-bond acceptors (Lipinski definition) is 11. The lowest BCUT2D eigenvalue weighted by atomic mass is 9.89. The van der Waals surface area contributed by atoms with Gasteiger partial charge >= 0.3 is 5.97 Å². The number of aromatic hydroxyl groups is 1. The predicted octanol–water partition coefficient (Wildman–Crippen LogP) is -0.643. The summed E-state index contributed by atoms with van der Waals surface area (Å²) in [6, 6.07) is 4.60. The zero-order valence-electron chi connectivity index (χ0n) is 17.2. The van der Waals surface area contributed by atoms with E-state index in [1.54, 1.807) is 7.05 Å². The Bertz CT molecular complexity index is 1120. The maximum atomic E-state index is 12.7. The molecule has 0 saturated carbocycles. The number of carbonyl (C=O) groups is 3. The van der Waals surface area contributed by atoms with E-state index in [1.165, 1.54) is 57.4 Å². The fourth-order valence-electron chi connectivity index (χ4n) is 3.52. The molecule has 2 aliphatic rings. The van der Waals surface area contributed by atoms with Crippen LogP contribution in [0.15, 0.2) is 34.6 Å². The number of nitrogens with one attached hydrogen (secondary N) is 1. The van der Waals surface area contributed by atoms with Gasteiger partial charge in [0.1, 0.15) is 22.6 Å². The van der Waals surface area contributed by atoms with Crippen LogP contribution in [0.2, 0.25) is 0 Å². The number of fused-ring (bicyclic) bond motifs is 1. The largest absolute Gasteiger partial charge is 0.508 e. The Morgan fingerprint density at radius 1 is 1.36 bits per heavy atom. The number of hydrogen-bond donors (Lipinski definition) is 4. The number of aliphatic carboxylic acids is 1. The number of benzene rings is 1. The number of oxime groups is 1. The fraction of sp³-hybridized carbons (Fsp3) is 0.389. The van der Waals surface area contributed by atoms with Crippen molar-refractivity contribution < 1.29 is 29.8 Å². The molecule has 4 N–H and O–H groups in total. The summed E-state index contributed by atoms with van der Waals surface area (Å²) < 4.78 is 1.44. The highest BCUT2D eigenvalue weighted by Crippen LogP contribution is 2.44. The van der Waals surface area contributed by atoms with E-state index in [1.807, 2.05) is 0 Å². The number of nitrogens with zero attached hydrogens (tertiary/aromatic N) is 6. The Balaban J connectivity index is 1.42. The molecule has 2 aromatic rings. The van der Waals surface area contributed by atoms with Crippen molar-refractivity contribution in [1.82, 2.24) is 30.4 Å². The summed E-state index contributed by atoms with van der Waals surface area (Å²) in [6.07, 6.45) is 0. The van der Waals surface area contributed by atoms with E-state index in [0.717, 1.165) is 0 Å². The minimum atomic E-state index is -1.20. The van der Waals surface area contributed by atoms with Gasteiger partial charge in [0.15, 0.2) is 5.71 Å². The summed E-state index contributed by atoms with van der Waals surface area (Å²) in [4.78, 5) is 38.9. The molecule has 0 bridgehead atoms. The predicted molar refractivity (Wildman–Crippen MR) is 116 cm³/mol. The lowest BCUT2D eigenvalue weighted by molar-refractivity contribution is -0.157. The third kappa shape index (κ3) is 4.20. The first kappa shape index (κ1) is 22.8. The summed E-state index contributed by atoms with van der Waals surface area (Å²) >= 11 is 2.46. The van der Waals surface area contributed by atoms with Crippen LogP contribution in [0.25, 0.3) is 0 Å². The normalized spacial score (nSPS) is 24.7. The Hall–Kier alpha value is -3.33. The molecule has 0 aliphatic carbocycles. The molecule has 0 spiro atoms. The van der Waals surface area contributed by atoms with Crippen molar-refractivity contribution in [2.75, 3.05) is 18.1 Å². The number of phenolic OH excluding ortho intramolecular Hbond substituents is 1. The third-order valence-electron chi connectivity index (χ3n) is 5.40. The zero-order chi connectivity index (χ0) is 23.8. The van der Waals surface area contributed by atoms with Crippen molar-refractivity contribution in [1.29, 1.82) is 0 Å². The summed E-state index contributed by atoms with van der Waals surface area (Å²) in [5, 5.41) is 45.3. The van der Waals surface area contributed by atoms with Gasteiger partial charge in [0.2, 0.25) is 11.1 Å². The van der Waals surface area contributed by atoms with Gasteiger partial charge < -0.3 is 25.6 Å². The highest BCUT2D eigenvalue weighted by atomic mass is 32.2. The second kappa shape index (κ2) is 8.90. The molecular weight excluding hydrogens is 474 g/mol. The molecule has 2 amide bonds. The number of carbonyl (C=O) groups excluding carboxylic acids is 2. The highest BCUT2D eigenvalue weighted by molar-refractivity contribution is 8.00.